The summed E-state index contributed by atoms with van der Waals surface area (Å²) in [6, 6.07) is 11.3. The van der Waals surface area contributed by atoms with Crippen LogP contribution < -0.4 is 10.1 Å². The SMILES string of the molecule is Cc1cc(C(C)NC(=O)c2coc(Oc3cccc(C#N)c3)n2)cc(F)c1C. The van der Waals surface area contributed by atoms with Gasteiger partial charge in [-0.3, -0.25) is 4.79 Å². The maximum atomic E-state index is 13.9. The van der Waals surface area contributed by atoms with Gasteiger partial charge in [-0.15, -0.1) is 0 Å². The average molecular weight is 379 g/mol. The van der Waals surface area contributed by atoms with E-state index in [0.717, 1.165) is 5.56 Å². The average Bonchev–Trinajstić information content (AvgIpc) is 3.14. The first-order chi connectivity index (χ1) is 13.4. The molecule has 0 aliphatic heterocycles. The van der Waals surface area contributed by atoms with Crippen molar-refractivity contribution in [2.75, 3.05) is 0 Å². The molecule has 0 fully saturated rings. The van der Waals surface area contributed by atoms with E-state index in [-0.39, 0.29) is 17.6 Å². The van der Waals surface area contributed by atoms with E-state index >= 15 is 0 Å². The number of oxazole rings is 1. The second kappa shape index (κ2) is 7.92. The molecule has 142 valence electrons. The molecule has 0 radical (unpaired) electrons. The predicted molar refractivity (Wildman–Crippen MR) is 99.5 cm³/mol. The number of carbonyl (C=O) groups excluding carboxylic acids is 1. The molecule has 0 aliphatic rings. The summed E-state index contributed by atoms with van der Waals surface area (Å²) in [6.07, 6.45) is 1.05. The number of hydrogen-bond acceptors (Lipinski definition) is 5. The molecule has 6 nitrogen and oxygen atoms in total. The summed E-state index contributed by atoms with van der Waals surface area (Å²) < 4.78 is 24.5. The molecule has 1 atom stereocenters. The summed E-state index contributed by atoms with van der Waals surface area (Å²) in [4.78, 5) is 16.4. The Morgan fingerprint density at radius 3 is 2.82 bits per heavy atom. The standard InChI is InChI=1S/C21H18FN3O3/c1-12-7-16(9-18(22)13(12)2)14(3)24-20(26)19-11-27-21(25-19)28-17-6-4-5-15(8-17)10-23/h4-9,11,14H,1-3H3,(H,24,26). The summed E-state index contributed by atoms with van der Waals surface area (Å²) in [5, 5.41) is 11.7. The van der Waals surface area contributed by atoms with Crippen LogP contribution in [0.25, 0.3) is 0 Å². The van der Waals surface area contributed by atoms with Gasteiger partial charge in [-0.1, -0.05) is 12.1 Å². The van der Waals surface area contributed by atoms with E-state index in [2.05, 4.69) is 10.3 Å². The highest BCUT2D eigenvalue weighted by molar-refractivity contribution is 5.92. The van der Waals surface area contributed by atoms with E-state index in [1.807, 2.05) is 19.1 Å². The molecule has 28 heavy (non-hydrogen) atoms. The van der Waals surface area contributed by atoms with E-state index in [0.29, 0.717) is 22.4 Å². The Hall–Kier alpha value is -3.66. The molecule has 7 heteroatoms. The maximum absolute atomic E-state index is 13.9. The highest BCUT2D eigenvalue weighted by Gasteiger charge is 2.18. The quantitative estimate of drug-likeness (QED) is 0.701. The van der Waals surface area contributed by atoms with Gasteiger partial charge in [0.15, 0.2) is 5.69 Å². The fourth-order valence-electron chi connectivity index (χ4n) is 2.59. The van der Waals surface area contributed by atoms with Crippen molar-refractivity contribution in [1.82, 2.24) is 10.3 Å². The highest BCUT2D eigenvalue weighted by Crippen LogP contribution is 2.23. The van der Waals surface area contributed by atoms with Gasteiger partial charge < -0.3 is 14.5 Å². The number of aryl methyl sites for hydroxylation is 1. The predicted octanol–water partition coefficient (Wildman–Crippen LogP) is 4.59. The number of carbonyl (C=O) groups is 1. The molecule has 1 N–H and O–H groups in total. The number of rotatable bonds is 5. The first-order valence-corrected chi connectivity index (χ1v) is 8.58. The maximum Gasteiger partial charge on any atom is 0.399 e. The molecule has 0 saturated heterocycles. The van der Waals surface area contributed by atoms with E-state index in [1.165, 1.54) is 18.4 Å². The number of ether oxygens (including phenoxy) is 1. The minimum atomic E-state index is -0.476. The topological polar surface area (TPSA) is 88.1 Å². The van der Waals surface area contributed by atoms with Gasteiger partial charge in [0.25, 0.3) is 5.91 Å². The smallest absolute Gasteiger partial charge is 0.399 e. The summed E-state index contributed by atoms with van der Waals surface area (Å²) in [5.41, 5.74) is 2.51. The van der Waals surface area contributed by atoms with E-state index < -0.39 is 11.9 Å². The van der Waals surface area contributed by atoms with E-state index in [4.69, 9.17) is 14.4 Å². The Kier molecular flexibility index (Phi) is 5.41. The highest BCUT2D eigenvalue weighted by atomic mass is 19.1. The fourth-order valence-corrected chi connectivity index (χ4v) is 2.59. The molecular formula is C21H18FN3O3. The number of nitrogens with one attached hydrogen (secondary N) is 1. The molecule has 0 bridgehead atoms. The molecule has 1 aromatic heterocycles. The minimum absolute atomic E-state index is 0.0302. The van der Waals surface area contributed by atoms with Gasteiger partial charge in [0.1, 0.15) is 17.8 Å². The van der Waals surface area contributed by atoms with Gasteiger partial charge in [-0.25, -0.2) is 4.39 Å². The van der Waals surface area contributed by atoms with Crippen LogP contribution in [0.3, 0.4) is 0 Å². The van der Waals surface area contributed by atoms with Crippen molar-refractivity contribution in [2.45, 2.75) is 26.8 Å². The van der Waals surface area contributed by atoms with Crippen molar-refractivity contribution in [3.8, 4) is 17.9 Å². The van der Waals surface area contributed by atoms with Gasteiger partial charge in [0, 0.05) is 0 Å². The fraction of sp³-hybridized carbons (Fsp3) is 0.190. The third-order valence-electron chi connectivity index (χ3n) is 4.36. The molecule has 0 saturated carbocycles. The first kappa shape index (κ1) is 19.1. The van der Waals surface area contributed by atoms with Crippen molar-refractivity contribution in [1.29, 1.82) is 5.26 Å². The lowest BCUT2D eigenvalue weighted by Crippen LogP contribution is -2.27. The zero-order valence-corrected chi connectivity index (χ0v) is 15.6. The second-order valence-electron chi connectivity index (χ2n) is 6.38. The minimum Gasteiger partial charge on any atom is -0.416 e. The van der Waals surface area contributed by atoms with Crippen molar-refractivity contribution >= 4 is 5.91 Å². The molecule has 0 spiro atoms. The lowest BCUT2D eigenvalue weighted by atomic mass is 10.0. The number of amides is 1. The largest absolute Gasteiger partial charge is 0.416 e. The van der Waals surface area contributed by atoms with Crippen molar-refractivity contribution in [3.05, 3.63) is 76.4 Å². The lowest BCUT2D eigenvalue weighted by Gasteiger charge is -2.15. The van der Waals surface area contributed by atoms with Gasteiger partial charge in [-0.05, 0) is 61.7 Å². The van der Waals surface area contributed by atoms with Crippen LogP contribution in [0.15, 0.2) is 47.1 Å². The lowest BCUT2D eigenvalue weighted by molar-refractivity contribution is 0.0934. The Morgan fingerprint density at radius 2 is 2.11 bits per heavy atom. The molecule has 1 amide bonds. The normalized spacial score (nSPS) is 11.5. The molecule has 1 heterocycles. The van der Waals surface area contributed by atoms with Crippen LogP contribution >= 0.6 is 0 Å². The Bertz CT molecular complexity index is 1050. The summed E-state index contributed by atoms with van der Waals surface area (Å²) in [7, 11) is 0. The van der Waals surface area contributed by atoms with Crippen molar-refractivity contribution in [2.24, 2.45) is 0 Å². The van der Waals surface area contributed by atoms with Crippen LogP contribution in [-0.2, 0) is 0 Å². The van der Waals surface area contributed by atoms with Crippen LogP contribution in [0, 0.1) is 31.0 Å². The number of aromatic nitrogens is 1. The molecule has 2 aromatic carbocycles. The summed E-state index contributed by atoms with van der Waals surface area (Å²) in [5.74, 6) is -0.421. The second-order valence-corrected chi connectivity index (χ2v) is 6.38. The zero-order chi connectivity index (χ0) is 20.3. The Labute approximate surface area is 161 Å². The number of hydrogen-bond donors (Lipinski definition) is 1. The number of benzene rings is 2. The van der Waals surface area contributed by atoms with Crippen LogP contribution in [0.5, 0.6) is 11.8 Å². The van der Waals surface area contributed by atoms with Crippen LogP contribution in [-0.4, -0.2) is 10.9 Å². The molecule has 3 aromatic rings. The van der Waals surface area contributed by atoms with Crippen LogP contribution in [0.2, 0.25) is 0 Å². The number of nitriles is 1. The van der Waals surface area contributed by atoms with Gasteiger partial charge in [0.05, 0.1) is 17.7 Å². The summed E-state index contributed by atoms with van der Waals surface area (Å²) in [6.45, 7) is 5.28. The van der Waals surface area contributed by atoms with Gasteiger partial charge in [-0.2, -0.15) is 10.2 Å². The first-order valence-electron chi connectivity index (χ1n) is 8.58. The van der Waals surface area contributed by atoms with Crippen molar-refractivity contribution < 1.29 is 18.3 Å². The van der Waals surface area contributed by atoms with Gasteiger partial charge in [0.2, 0.25) is 0 Å². The Morgan fingerprint density at radius 1 is 1.32 bits per heavy atom. The van der Waals surface area contributed by atoms with E-state index in [1.54, 1.807) is 32.0 Å². The number of nitrogens with zero attached hydrogens (tertiary/aromatic N) is 2. The molecule has 1 unspecified atom stereocenters. The Balaban J connectivity index is 1.69. The molecule has 0 aliphatic carbocycles. The zero-order valence-electron chi connectivity index (χ0n) is 15.6. The van der Waals surface area contributed by atoms with Crippen LogP contribution in [0.1, 0.15) is 45.7 Å². The summed E-state index contributed by atoms with van der Waals surface area (Å²) >= 11 is 0. The van der Waals surface area contributed by atoms with Crippen LogP contribution in [0.4, 0.5) is 4.39 Å². The molecule has 3 rings (SSSR count). The third kappa shape index (κ3) is 4.18. The van der Waals surface area contributed by atoms with Gasteiger partial charge >= 0.3 is 6.08 Å². The van der Waals surface area contributed by atoms with Crippen molar-refractivity contribution in [3.63, 3.8) is 0 Å². The van der Waals surface area contributed by atoms with E-state index in [9.17, 15) is 9.18 Å². The number of halogens is 1. The monoisotopic (exact) mass is 379 g/mol. The third-order valence-corrected chi connectivity index (χ3v) is 4.36. The molecular weight excluding hydrogens is 361 g/mol.